The zero-order valence-corrected chi connectivity index (χ0v) is 12.6. The van der Waals surface area contributed by atoms with Crippen LogP contribution in [0.5, 0.6) is 0 Å². The summed E-state index contributed by atoms with van der Waals surface area (Å²) in [5.74, 6) is -0.339. The third kappa shape index (κ3) is 2.27. The fraction of sp³-hybridized carbons (Fsp3) is 0. The average Bonchev–Trinajstić information content (AvgIpc) is 3.23. The van der Waals surface area contributed by atoms with Crippen LogP contribution in [0.3, 0.4) is 0 Å². The number of carboxylic acid groups (broad SMARTS) is 1. The van der Waals surface area contributed by atoms with E-state index in [1.54, 1.807) is 52.3 Å². The van der Waals surface area contributed by atoms with E-state index in [0.717, 1.165) is 4.88 Å². The summed E-state index contributed by atoms with van der Waals surface area (Å²) in [6.07, 6.45) is 0. The van der Waals surface area contributed by atoms with E-state index < -0.39 is 5.97 Å². The second kappa shape index (κ2) is 5.29. The molecule has 3 heterocycles. The molecule has 23 heavy (non-hydrogen) atoms. The van der Waals surface area contributed by atoms with Crippen LogP contribution in [0.4, 0.5) is 0 Å². The minimum Gasteiger partial charge on any atom is -0.478 e. The molecular weight excluding hydrogens is 312 g/mol. The topological polar surface area (TPSA) is 80.4 Å². The molecule has 0 atom stereocenters. The highest BCUT2D eigenvalue weighted by atomic mass is 32.1. The van der Waals surface area contributed by atoms with Gasteiger partial charge >= 0.3 is 5.97 Å². The quantitative estimate of drug-likeness (QED) is 0.626. The van der Waals surface area contributed by atoms with Crippen molar-refractivity contribution in [3.8, 4) is 22.0 Å². The summed E-state index contributed by atoms with van der Waals surface area (Å²) in [4.78, 5) is 12.4. The number of thiophene rings is 1. The molecule has 4 rings (SSSR count). The molecule has 112 valence electrons. The summed E-state index contributed by atoms with van der Waals surface area (Å²) in [5, 5.41) is 24.1. The van der Waals surface area contributed by atoms with Gasteiger partial charge in [0.2, 0.25) is 0 Å². The molecule has 0 aliphatic heterocycles. The third-order valence-corrected chi connectivity index (χ3v) is 4.30. The molecule has 6 nitrogen and oxygen atoms in total. The maximum absolute atomic E-state index is 11.4. The lowest BCUT2D eigenvalue weighted by Crippen LogP contribution is -2.02. The van der Waals surface area contributed by atoms with E-state index in [1.165, 1.54) is 0 Å². The monoisotopic (exact) mass is 322 g/mol. The van der Waals surface area contributed by atoms with Crippen LogP contribution in [0, 0.1) is 0 Å². The van der Waals surface area contributed by atoms with Gasteiger partial charge in [0.1, 0.15) is 0 Å². The van der Waals surface area contributed by atoms with Gasteiger partial charge < -0.3 is 5.11 Å². The van der Waals surface area contributed by atoms with E-state index in [0.29, 0.717) is 22.7 Å². The van der Waals surface area contributed by atoms with Gasteiger partial charge in [-0.05, 0) is 29.6 Å². The van der Waals surface area contributed by atoms with Crippen LogP contribution in [0.15, 0.2) is 53.9 Å². The summed E-state index contributed by atoms with van der Waals surface area (Å²) in [7, 11) is 0. The highest BCUT2D eigenvalue weighted by Crippen LogP contribution is 2.26. The van der Waals surface area contributed by atoms with E-state index in [1.807, 2.05) is 17.5 Å². The van der Waals surface area contributed by atoms with Crippen molar-refractivity contribution in [2.24, 2.45) is 0 Å². The second-order valence-corrected chi connectivity index (χ2v) is 5.79. The van der Waals surface area contributed by atoms with E-state index >= 15 is 0 Å². The number of nitrogens with zero attached hydrogens (tertiary/aromatic N) is 4. The highest BCUT2D eigenvalue weighted by molar-refractivity contribution is 7.13. The normalized spacial score (nSPS) is 11.0. The fourth-order valence-electron chi connectivity index (χ4n) is 2.38. The standard InChI is InChI=1S/C16H10N4O2S/c21-16(22)11-5-2-1-4-10(11)12-7-8-14-17-18-15(20(14)19-12)13-6-3-9-23-13/h1-9H,(H,21,22). The SMILES string of the molecule is O=C(O)c1ccccc1-c1ccc2nnc(-c3cccs3)n2n1. The molecule has 0 spiro atoms. The Morgan fingerprint density at radius 1 is 1.04 bits per heavy atom. The molecule has 0 fully saturated rings. The van der Waals surface area contributed by atoms with Gasteiger partial charge in [-0.2, -0.15) is 9.61 Å². The van der Waals surface area contributed by atoms with Gasteiger partial charge in [-0.15, -0.1) is 21.5 Å². The van der Waals surface area contributed by atoms with Crippen LogP contribution in [-0.4, -0.2) is 30.9 Å². The molecule has 0 unspecified atom stereocenters. The predicted octanol–water partition coefficient (Wildman–Crippen LogP) is 3.22. The Morgan fingerprint density at radius 2 is 1.91 bits per heavy atom. The van der Waals surface area contributed by atoms with Gasteiger partial charge in [0.05, 0.1) is 16.1 Å². The number of carbonyl (C=O) groups is 1. The zero-order chi connectivity index (χ0) is 15.8. The number of fused-ring (bicyclic) bond motifs is 1. The number of rotatable bonds is 3. The number of aromatic nitrogens is 4. The molecule has 0 radical (unpaired) electrons. The highest BCUT2D eigenvalue weighted by Gasteiger charge is 2.15. The summed E-state index contributed by atoms with van der Waals surface area (Å²) < 4.78 is 1.64. The van der Waals surface area contributed by atoms with Gasteiger partial charge in [-0.1, -0.05) is 24.3 Å². The minimum absolute atomic E-state index is 0.213. The lowest BCUT2D eigenvalue weighted by molar-refractivity contribution is 0.0697. The summed E-state index contributed by atoms with van der Waals surface area (Å²) in [6, 6.07) is 14.2. The van der Waals surface area contributed by atoms with Crippen LogP contribution in [0.25, 0.3) is 27.6 Å². The second-order valence-electron chi connectivity index (χ2n) is 4.84. The molecule has 4 aromatic rings. The van der Waals surface area contributed by atoms with Crippen LogP contribution in [0.1, 0.15) is 10.4 Å². The number of hydrogen-bond donors (Lipinski definition) is 1. The predicted molar refractivity (Wildman–Crippen MR) is 86.5 cm³/mol. The van der Waals surface area contributed by atoms with Crippen LogP contribution < -0.4 is 0 Å². The maximum Gasteiger partial charge on any atom is 0.336 e. The van der Waals surface area contributed by atoms with Gasteiger partial charge in [-0.3, -0.25) is 0 Å². The lowest BCUT2D eigenvalue weighted by Gasteiger charge is -2.06. The Labute approximate surface area is 134 Å². The first-order valence-electron chi connectivity index (χ1n) is 6.83. The zero-order valence-electron chi connectivity index (χ0n) is 11.7. The van der Waals surface area contributed by atoms with Gasteiger partial charge in [0, 0.05) is 5.56 Å². The fourth-order valence-corrected chi connectivity index (χ4v) is 3.08. The van der Waals surface area contributed by atoms with Crippen molar-refractivity contribution in [3.05, 3.63) is 59.5 Å². The maximum atomic E-state index is 11.4. The number of hydrogen-bond acceptors (Lipinski definition) is 5. The molecular formula is C16H10N4O2S. The number of benzene rings is 1. The van der Waals surface area contributed by atoms with E-state index in [9.17, 15) is 9.90 Å². The number of aromatic carboxylic acids is 1. The van der Waals surface area contributed by atoms with Crippen LogP contribution >= 0.6 is 11.3 Å². The van der Waals surface area contributed by atoms with Crippen molar-refractivity contribution in [2.75, 3.05) is 0 Å². The molecule has 3 aromatic heterocycles. The first kappa shape index (κ1) is 13.6. The van der Waals surface area contributed by atoms with Crippen molar-refractivity contribution in [1.82, 2.24) is 19.8 Å². The number of carboxylic acids is 1. The van der Waals surface area contributed by atoms with Crippen molar-refractivity contribution < 1.29 is 9.90 Å². The third-order valence-electron chi connectivity index (χ3n) is 3.44. The Hall–Kier alpha value is -3.06. The average molecular weight is 322 g/mol. The van der Waals surface area contributed by atoms with Crippen molar-refractivity contribution in [1.29, 1.82) is 0 Å². The smallest absolute Gasteiger partial charge is 0.336 e. The molecule has 1 N–H and O–H groups in total. The molecule has 0 aliphatic carbocycles. The lowest BCUT2D eigenvalue weighted by atomic mass is 10.0. The summed E-state index contributed by atoms with van der Waals surface area (Å²) >= 11 is 1.55. The molecule has 0 saturated heterocycles. The minimum atomic E-state index is -0.982. The first-order valence-corrected chi connectivity index (χ1v) is 7.71. The Bertz CT molecular complexity index is 1010. The Kier molecular flexibility index (Phi) is 3.13. The van der Waals surface area contributed by atoms with Crippen molar-refractivity contribution >= 4 is 23.0 Å². The summed E-state index contributed by atoms with van der Waals surface area (Å²) in [5.41, 5.74) is 1.95. The molecule has 1 aromatic carbocycles. The largest absolute Gasteiger partial charge is 0.478 e. The van der Waals surface area contributed by atoms with Crippen LogP contribution in [0.2, 0.25) is 0 Å². The molecule has 7 heteroatoms. The Morgan fingerprint density at radius 3 is 2.70 bits per heavy atom. The molecule has 0 bridgehead atoms. The van der Waals surface area contributed by atoms with E-state index in [2.05, 4.69) is 15.3 Å². The van der Waals surface area contributed by atoms with Gasteiger partial charge in [0.25, 0.3) is 0 Å². The van der Waals surface area contributed by atoms with Gasteiger partial charge in [0.15, 0.2) is 11.5 Å². The van der Waals surface area contributed by atoms with Crippen molar-refractivity contribution in [3.63, 3.8) is 0 Å². The van der Waals surface area contributed by atoms with Crippen LogP contribution in [-0.2, 0) is 0 Å². The van der Waals surface area contributed by atoms with E-state index in [4.69, 9.17) is 0 Å². The van der Waals surface area contributed by atoms with Gasteiger partial charge in [-0.25, -0.2) is 4.79 Å². The first-order chi connectivity index (χ1) is 11.2. The molecule has 0 saturated carbocycles. The summed E-state index contributed by atoms with van der Waals surface area (Å²) in [6.45, 7) is 0. The van der Waals surface area contributed by atoms with Crippen molar-refractivity contribution in [2.45, 2.75) is 0 Å². The van der Waals surface area contributed by atoms with E-state index in [-0.39, 0.29) is 5.56 Å². The Balaban J connectivity index is 1.93. The molecule has 0 amide bonds. The molecule has 0 aliphatic rings.